The molecule has 0 aliphatic rings. The number of carbonyl (C=O) groups excluding carboxylic acids is 2. The van der Waals surface area contributed by atoms with Crippen molar-refractivity contribution in [1.29, 1.82) is 0 Å². The summed E-state index contributed by atoms with van der Waals surface area (Å²) >= 11 is 0. The second-order valence-corrected chi connectivity index (χ2v) is 5.79. The summed E-state index contributed by atoms with van der Waals surface area (Å²) < 4.78 is 15.5. The maximum atomic E-state index is 11.6. The molecule has 1 amide bonds. The highest BCUT2D eigenvalue weighted by Crippen LogP contribution is 2.13. The molecule has 0 unspecified atom stereocenters. The van der Waals surface area contributed by atoms with E-state index in [1.54, 1.807) is 19.1 Å². The van der Waals surface area contributed by atoms with Crippen LogP contribution in [-0.4, -0.2) is 31.8 Å². The second kappa shape index (κ2) is 10.4. The van der Waals surface area contributed by atoms with Gasteiger partial charge in [0, 0.05) is 12.2 Å². The van der Waals surface area contributed by atoms with Crippen LogP contribution in [0.4, 0.5) is 4.79 Å². The van der Waals surface area contributed by atoms with Crippen LogP contribution in [0.25, 0.3) is 0 Å². The van der Waals surface area contributed by atoms with Crippen LogP contribution in [-0.2, 0) is 20.9 Å². The van der Waals surface area contributed by atoms with Crippen LogP contribution in [0.15, 0.2) is 36.4 Å². The van der Waals surface area contributed by atoms with Crippen molar-refractivity contribution < 1.29 is 23.8 Å². The number of rotatable bonds is 9. The van der Waals surface area contributed by atoms with Gasteiger partial charge in [0.15, 0.2) is 0 Å². The van der Waals surface area contributed by atoms with E-state index in [1.165, 1.54) is 0 Å². The van der Waals surface area contributed by atoms with Crippen LogP contribution >= 0.6 is 0 Å². The van der Waals surface area contributed by atoms with Gasteiger partial charge in [-0.05, 0) is 30.5 Å². The van der Waals surface area contributed by atoms with Crippen LogP contribution in [0.2, 0.25) is 0 Å². The number of carbonyl (C=O) groups is 2. The smallest absolute Gasteiger partial charge is 0.412 e. The first-order chi connectivity index (χ1) is 11.4. The van der Waals surface area contributed by atoms with Crippen molar-refractivity contribution in [3.63, 3.8) is 0 Å². The predicted octanol–water partition coefficient (Wildman–Crippen LogP) is 3.07. The molecule has 0 saturated carbocycles. The lowest BCUT2D eigenvalue weighted by Gasteiger charge is -2.09. The summed E-state index contributed by atoms with van der Waals surface area (Å²) in [6.45, 7) is 10.7. The molecule has 0 spiro atoms. The Labute approximate surface area is 142 Å². The number of amides is 1. The molecule has 1 aromatic carbocycles. The molecule has 0 aromatic heterocycles. The van der Waals surface area contributed by atoms with Gasteiger partial charge in [0.2, 0.25) is 0 Å². The molecule has 0 aliphatic heterocycles. The Balaban J connectivity index is 2.26. The fourth-order valence-electron chi connectivity index (χ4n) is 1.63. The normalized spacial score (nSPS) is 10.3. The molecule has 0 aliphatic carbocycles. The Morgan fingerprint density at radius 2 is 1.88 bits per heavy atom. The fourth-order valence-corrected chi connectivity index (χ4v) is 1.63. The summed E-state index contributed by atoms with van der Waals surface area (Å²) in [4.78, 5) is 22.8. The molecule has 0 saturated heterocycles. The fraction of sp³-hybridized carbons (Fsp3) is 0.444. The highest BCUT2D eigenvalue weighted by atomic mass is 16.6. The van der Waals surface area contributed by atoms with E-state index >= 15 is 0 Å². The molecular weight excluding hydrogens is 310 g/mol. The number of nitrogens with one attached hydrogen (secondary N) is 1. The molecule has 0 heterocycles. The molecule has 24 heavy (non-hydrogen) atoms. The maximum absolute atomic E-state index is 11.6. The molecule has 6 heteroatoms. The Morgan fingerprint density at radius 3 is 2.46 bits per heavy atom. The van der Waals surface area contributed by atoms with Crippen LogP contribution in [0.3, 0.4) is 0 Å². The summed E-state index contributed by atoms with van der Waals surface area (Å²) in [6, 6.07) is 7.10. The topological polar surface area (TPSA) is 73.9 Å². The lowest BCUT2D eigenvalue weighted by Crippen LogP contribution is -2.30. The Morgan fingerprint density at radius 1 is 1.21 bits per heavy atom. The average Bonchev–Trinajstić information content (AvgIpc) is 2.52. The molecule has 132 valence electrons. The molecule has 1 rings (SSSR count). The molecule has 1 aromatic rings. The van der Waals surface area contributed by atoms with Crippen LogP contribution in [0.1, 0.15) is 26.3 Å². The Hall–Kier alpha value is -2.34. The molecule has 0 bridgehead atoms. The molecule has 0 fully saturated rings. The number of hydrogen-bond acceptors (Lipinski definition) is 5. The summed E-state index contributed by atoms with van der Waals surface area (Å²) in [5, 5.41) is 2.49. The summed E-state index contributed by atoms with van der Waals surface area (Å²) in [5.74, 6) is 0.436. The van der Waals surface area contributed by atoms with Crippen LogP contribution in [0, 0.1) is 5.92 Å². The van der Waals surface area contributed by atoms with E-state index in [1.807, 2.05) is 12.1 Å². The van der Waals surface area contributed by atoms with E-state index < -0.39 is 12.1 Å². The van der Waals surface area contributed by atoms with Gasteiger partial charge in [-0.25, -0.2) is 9.59 Å². The molecule has 0 radical (unpaired) electrons. The highest BCUT2D eigenvalue weighted by molar-refractivity contribution is 5.86. The first-order valence-corrected chi connectivity index (χ1v) is 7.83. The van der Waals surface area contributed by atoms with Crippen molar-refractivity contribution in [2.24, 2.45) is 5.92 Å². The monoisotopic (exact) mass is 335 g/mol. The zero-order valence-electron chi connectivity index (χ0n) is 14.5. The van der Waals surface area contributed by atoms with Gasteiger partial charge in [0.25, 0.3) is 0 Å². The minimum Gasteiger partial charge on any atom is -0.460 e. The van der Waals surface area contributed by atoms with E-state index in [9.17, 15) is 9.59 Å². The van der Waals surface area contributed by atoms with Gasteiger partial charge in [0.1, 0.15) is 12.4 Å². The van der Waals surface area contributed by atoms with Gasteiger partial charge >= 0.3 is 12.1 Å². The minimum atomic E-state index is -0.606. The highest BCUT2D eigenvalue weighted by Gasteiger charge is 2.06. The van der Waals surface area contributed by atoms with Gasteiger partial charge in [0.05, 0.1) is 13.2 Å². The molecule has 6 nitrogen and oxygen atoms in total. The largest absolute Gasteiger partial charge is 0.460 e. The zero-order valence-corrected chi connectivity index (χ0v) is 14.5. The standard InChI is InChI=1S/C18H25NO5/c1-13(2)11-22-12-15-5-7-16(8-6-15)24-18(21)19-9-10-23-17(20)14(3)4/h5-8,13H,3,9-12H2,1-2,4H3,(H,19,21). The third-order valence-corrected chi connectivity index (χ3v) is 2.81. The van der Waals surface area contributed by atoms with Gasteiger partial charge < -0.3 is 19.5 Å². The summed E-state index contributed by atoms with van der Waals surface area (Å²) in [5.41, 5.74) is 1.32. The van der Waals surface area contributed by atoms with Gasteiger partial charge in [-0.3, -0.25) is 0 Å². The lowest BCUT2D eigenvalue weighted by molar-refractivity contribution is -0.138. The molecule has 0 atom stereocenters. The van der Waals surface area contributed by atoms with Gasteiger partial charge in [-0.1, -0.05) is 32.6 Å². The Bertz CT molecular complexity index is 551. The molecular formula is C18H25NO5. The van der Waals surface area contributed by atoms with Crippen molar-refractivity contribution in [2.75, 3.05) is 19.8 Å². The lowest BCUT2D eigenvalue weighted by atomic mass is 10.2. The minimum absolute atomic E-state index is 0.0624. The van der Waals surface area contributed by atoms with Crippen LogP contribution in [0.5, 0.6) is 5.75 Å². The first-order valence-electron chi connectivity index (χ1n) is 7.83. The maximum Gasteiger partial charge on any atom is 0.412 e. The summed E-state index contributed by atoms with van der Waals surface area (Å²) in [7, 11) is 0. The van der Waals surface area contributed by atoms with Crippen LogP contribution < -0.4 is 10.1 Å². The van der Waals surface area contributed by atoms with E-state index in [4.69, 9.17) is 14.2 Å². The van der Waals surface area contributed by atoms with E-state index in [2.05, 4.69) is 25.7 Å². The van der Waals surface area contributed by atoms with Crippen molar-refractivity contribution in [3.8, 4) is 5.75 Å². The van der Waals surface area contributed by atoms with Gasteiger partial charge in [-0.2, -0.15) is 0 Å². The van der Waals surface area contributed by atoms with Crippen molar-refractivity contribution in [3.05, 3.63) is 42.0 Å². The van der Waals surface area contributed by atoms with Gasteiger partial charge in [-0.15, -0.1) is 0 Å². The summed E-state index contributed by atoms with van der Waals surface area (Å²) in [6.07, 6.45) is -0.606. The van der Waals surface area contributed by atoms with Crippen molar-refractivity contribution in [1.82, 2.24) is 5.32 Å². The first kappa shape index (κ1) is 19.7. The number of ether oxygens (including phenoxy) is 3. The quantitative estimate of drug-likeness (QED) is 0.426. The van der Waals surface area contributed by atoms with Crippen molar-refractivity contribution >= 4 is 12.1 Å². The van der Waals surface area contributed by atoms with E-state index in [0.717, 1.165) is 5.56 Å². The van der Waals surface area contributed by atoms with E-state index in [-0.39, 0.29) is 13.2 Å². The number of benzene rings is 1. The Kier molecular flexibility index (Phi) is 8.57. The number of esters is 1. The third kappa shape index (κ3) is 8.33. The second-order valence-electron chi connectivity index (χ2n) is 5.79. The van der Waals surface area contributed by atoms with E-state index in [0.29, 0.717) is 30.5 Å². The average molecular weight is 335 g/mol. The SMILES string of the molecule is C=C(C)C(=O)OCCNC(=O)Oc1ccc(COCC(C)C)cc1. The third-order valence-electron chi connectivity index (χ3n) is 2.81. The number of hydrogen-bond donors (Lipinski definition) is 1. The molecule has 1 N–H and O–H groups in total. The van der Waals surface area contributed by atoms with Crippen molar-refractivity contribution in [2.45, 2.75) is 27.4 Å². The predicted molar refractivity (Wildman–Crippen MR) is 90.7 cm³/mol. The zero-order chi connectivity index (χ0) is 17.9.